The first-order valence-electron chi connectivity index (χ1n) is 6.96. The molecule has 3 aromatic rings. The van der Waals surface area contributed by atoms with Gasteiger partial charge in [0.1, 0.15) is 0 Å². The predicted molar refractivity (Wildman–Crippen MR) is 82.8 cm³/mol. The molecule has 0 radical (unpaired) electrons. The third-order valence-electron chi connectivity index (χ3n) is 3.70. The summed E-state index contributed by atoms with van der Waals surface area (Å²) in [6.07, 6.45) is 7.37. The van der Waals surface area contributed by atoms with E-state index in [4.69, 9.17) is 5.73 Å². The summed E-state index contributed by atoms with van der Waals surface area (Å²) in [6, 6.07) is 11.9. The van der Waals surface area contributed by atoms with Gasteiger partial charge in [-0.25, -0.2) is 4.98 Å². The van der Waals surface area contributed by atoms with Crippen molar-refractivity contribution < 1.29 is 0 Å². The quantitative estimate of drug-likeness (QED) is 0.798. The standard InChI is InChI=1S/C17H18N4/c1-13-9-19-8-7-15(13)11-21-12-20-10-16(21)17(18)14-5-3-2-4-6-14/h2-10,12,17H,11,18H2,1H3. The van der Waals surface area contributed by atoms with E-state index in [2.05, 4.69) is 21.5 Å². The largest absolute Gasteiger partial charge is 0.328 e. The zero-order valence-corrected chi connectivity index (χ0v) is 12.0. The molecule has 0 saturated heterocycles. The Morgan fingerprint density at radius 3 is 2.67 bits per heavy atom. The van der Waals surface area contributed by atoms with Gasteiger partial charge in [-0.15, -0.1) is 0 Å². The lowest BCUT2D eigenvalue weighted by Crippen LogP contribution is -2.17. The fourth-order valence-electron chi connectivity index (χ4n) is 2.42. The summed E-state index contributed by atoms with van der Waals surface area (Å²) >= 11 is 0. The second kappa shape index (κ2) is 5.89. The van der Waals surface area contributed by atoms with E-state index in [1.807, 2.05) is 61.3 Å². The van der Waals surface area contributed by atoms with Crippen LogP contribution in [0.15, 0.2) is 61.3 Å². The van der Waals surface area contributed by atoms with Crippen LogP contribution in [0.25, 0.3) is 0 Å². The smallest absolute Gasteiger partial charge is 0.0951 e. The monoisotopic (exact) mass is 278 g/mol. The highest BCUT2D eigenvalue weighted by atomic mass is 15.1. The Hall–Kier alpha value is -2.46. The number of hydrogen-bond donors (Lipinski definition) is 1. The van der Waals surface area contributed by atoms with E-state index in [0.29, 0.717) is 0 Å². The fourth-order valence-corrected chi connectivity index (χ4v) is 2.42. The average Bonchev–Trinajstić information content (AvgIpc) is 2.98. The van der Waals surface area contributed by atoms with Gasteiger partial charge in [0.2, 0.25) is 0 Å². The number of rotatable bonds is 4. The molecule has 0 amide bonds. The molecular formula is C17H18N4. The number of benzene rings is 1. The molecule has 0 aliphatic carbocycles. The number of nitrogens with two attached hydrogens (primary N) is 1. The van der Waals surface area contributed by atoms with E-state index >= 15 is 0 Å². The number of imidazole rings is 1. The molecule has 2 aromatic heterocycles. The molecule has 2 heterocycles. The summed E-state index contributed by atoms with van der Waals surface area (Å²) in [5.74, 6) is 0. The lowest BCUT2D eigenvalue weighted by atomic mass is 10.0. The van der Waals surface area contributed by atoms with Gasteiger partial charge in [-0.1, -0.05) is 30.3 Å². The zero-order valence-electron chi connectivity index (χ0n) is 12.0. The Morgan fingerprint density at radius 2 is 1.90 bits per heavy atom. The molecule has 0 bridgehead atoms. The highest BCUT2D eigenvalue weighted by Gasteiger charge is 2.14. The number of pyridine rings is 1. The minimum Gasteiger partial charge on any atom is -0.328 e. The molecule has 4 nitrogen and oxygen atoms in total. The molecule has 3 rings (SSSR count). The summed E-state index contributed by atoms with van der Waals surface area (Å²) in [7, 11) is 0. The van der Waals surface area contributed by atoms with Crippen molar-refractivity contribution in [2.75, 3.05) is 0 Å². The van der Waals surface area contributed by atoms with E-state index in [1.54, 1.807) is 0 Å². The molecule has 4 heteroatoms. The Bertz CT molecular complexity index is 718. The minimum atomic E-state index is -0.171. The molecule has 0 aliphatic heterocycles. The van der Waals surface area contributed by atoms with Crippen LogP contribution in [0.2, 0.25) is 0 Å². The molecular weight excluding hydrogens is 260 g/mol. The second-order valence-corrected chi connectivity index (χ2v) is 5.14. The highest BCUT2D eigenvalue weighted by molar-refractivity contribution is 5.28. The van der Waals surface area contributed by atoms with Crippen molar-refractivity contribution in [1.82, 2.24) is 14.5 Å². The summed E-state index contributed by atoms with van der Waals surface area (Å²) in [6.45, 7) is 2.82. The van der Waals surface area contributed by atoms with Gasteiger partial charge >= 0.3 is 0 Å². The highest BCUT2D eigenvalue weighted by Crippen LogP contribution is 2.20. The van der Waals surface area contributed by atoms with Gasteiger partial charge in [0.25, 0.3) is 0 Å². The van der Waals surface area contributed by atoms with Crippen LogP contribution >= 0.6 is 0 Å². The topological polar surface area (TPSA) is 56.7 Å². The lowest BCUT2D eigenvalue weighted by Gasteiger charge is -2.16. The van der Waals surface area contributed by atoms with Crippen LogP contribution < -0.4 is 5.73 Å². The molecule has 0 saturated carbocycles. The maximum atomic E-state index is 6.38. The second-order valence-electron chi connectivity index (χ2n) is 5.14. The SMILES string of the molecule is Cc1cnccc1Cn1cncc1C(N)c1ccccc1. The molecule has 1 atom stereocenters. The van der Waals surface area contributed by atoms with Crippen LogP contribution in [0.3, 0.4) is 0 Å². The first-order chi connectivity index (χ1) is 10.3. The summed E-state index contributed by atoms with van der Waals surface area (Å²) in [5.41, 5.74) is 10.9. The van der Waals surface area contributed by atoms with E-state index in [9.17, 15) is 0 Å². The number of aryl methyl sites for hydroxylation is 1. The van der Waals surface area contributed by atoms with Crippen molar-refractivity contribution in [2.45, 2.75) is 19.5 Å². The Balaban J connectivity index is 1.89. The van der Waals surface area contributed by atoms with Gasteiger partial charge in [-0.3, -0.25) is 4.98 Å². The number of aromatic nitrogens is 3. The predicted octanol–water partition coefficient (Wildman–Crippen LogP) is 2.68. The van der Waals surface area contributed by atoms with Crippen molar-refractivity contribution in [3.63, 3.8) is 0 Å². The van der Waals surface area contributed by atoms with Crippen LogP contribution in [-0.4, -0.2) is 14.5 Å². The molecule has 0 fully saturated rings. The van der Waals surface area contributed by atoms with E-state index in [-0.39, 0.29) is 6.04 Å². The minimum absolute atomic E-state index is 0.171. The van der Waals surface area contributed by atoms with Crippen molar-refractivity contribution in [2.24, 2.45) is 5.73 Å². The van der Waals surface area contributed by atoms with Crippen molar-refractivity contribution >= 4 is 0 Å². The molecule has 1 unspecified atom stereocenters. The van der Waals surface area contributed by atoms with Crippen LogP contribution in [-0.2, 0) is 6.54 Å². The lowest BCUT2D eigenvalue weighted by molar-refractivity contribution is 0.693. The maximum absolute atomic E-state index is 6.38. The molecule has 0 spiro atoms. The molecule has 0 aliphatic rings. The third kappa shape index (κ3) is 2.85. The molecule has 21 heavy (non-hydrogen) atoms. The normalized spacial score (nSPS) is 12.3. The maximum Gasteiger partial charge on any atom is 0.0951 e. The van der Waals surface area contributed by atoms with E-state index in [1.165, 1.54) is 11.1 Å². The molecule has 2 N–H and O–H groups in total. The first-order valence-corrected chi connectivity index (χ1v) is 6.96. The van der Waals surface area contributed by atoms with Crippen LogP contribution in [0.4, 0.5) is 0 Å². The van der Waals surface area contributed by atoms with Crippen molar-refractivity contribution in [3.8, 4) is 0 Å². The van der Waals surface area contributed by atoms with E-state index in [0.717, 1.165) is 17.8 Å². The molecule has 1 aromatic carbocycles. The third-order valence-corrected chi connectivity index (χ3v) is 3.70. The first kappa shape index (κ1) is 13.5. The summed E-state index contributed by atoms with van der Waals surface area (Å²) < 4.78 is 2.10. The van der Waals surface area contributed by atoms with Crippen molar-refractivity contribution in [3.05, 3.63) is 83.7 Å². The number of hydrogen-bond acceptors (Lipinski definition) is 3. The van der Waals surface area contributed by atoms with E-state index < -0.39 is 0 Å². The fraction of sp³-hybridized carbons (Fsp3) is 0.176. The van der Waals surface area contributed by atoms with Crippen molar-refractivity contribution in [1.29, 1.82) is 0 Å². The Morgan fingerprint density at radius 1 is 1.10 bits per heavy atom. The summed E-state index contributed by atoms with van der Waals surface area (Å²) in [5, 5.41) is 0. The Labute approximate surface area is 124 Å². The van der Waals surface area contributed by atoms with Gasteiger partial charge in [0.05, 0.1) is 24.3 Å². The van der Waals surface area contributed by atoms with Crippen LogP contribution in [0.1, 0.15) is 28.4 Å². The average molecular weight is 278 g/mol. The summed E-state index contributed by atoms with van der Waals surface area (Å²) in [4.78, 5) is 8.39. The van der Waals surface area contributed by atoms with Crippen LogP contribution in [0.5, 0.6) is 0 Å². The van der Waals surface area contributed by atoms with Gasteiger partial charge in [-0.05, 0) is 29.7 Å². The van der Waals surface area contributed by atoms with Gasteiger partial charge < -0.3 is 10.3 Å². The van der Waals surface area contributed by atoms with Gasteiger partial charge in [0.15, 0.2) is 0 Å². The zero-order chi connectivity index (χ0) is 14.7. The number of nitrogens with zero attached hydrogens (tertiary/aromatic N) is 3. The van der Waals surface area contributed by atoms with Gasteiger partial charge in [-0.2, -0.15) is 0 Å². The Kier molecular flexibility index (Phi) is 3.79. The van der Waals surface area contributed by atoms with Crippen LogP contribution in [0, 0.1) is 6.92 Å². The molecule has 106 valence electrons. The van der Waals surface area contributed by atoms with Gasteiger partial charge in [0, 0.05) is 18.9 Å².